The summed E-state index contributed by atoms with van der Waals surface area (Å²) in [4.78, 5) is 11.4. The van der Waals surface area contributed by atoms with Gasteiger partial charge < -0.3 is 5.11 Å². The van der Waals surface area contributed by atoms with E-state index in [2.05, 4.69) is 0 Å². The molecule has 0 heterocycles. The van der Waals surface area contributed by atoms with Crippen LogP contribution in [0.5, 0.6) is 0 Å². The first kappa shape index (κ1) is 13.3. The Morgan fingerprint density at radius 2 is 2.00 bits per heavy atom. The van der Waals surface area contributed by atoms with Crippen molar-refractivity contribution in [2.45, 2.75) is 6.61 Å². The molecule has 0 fully saturated rings. The van der Waals surface area contributed by atoms with Crippen molar-refractivity contribution in [2.24, 2.45) is 11.7 Å². The minimum absolute atomic E-state index is 0.159. The second-order valence-electron chi connectivity index (χ2n) is 3.28. The number of rotatable bonds is 2. The summed E-state index contributed by atoms with van der Waals surface area (Å²) in [6, 6.07) is 1.03. The van der Waals surface area contributed by atoms with Crippen molar-refractivity contribution in [3.05, 3.63) is 29.3 Å². The Labute approximate surface area is 96.0 Å². The van der Waals surface area contributed by atoms with Gasteiger partial charge in [0, 0.05) is 12.6 Å². The summed E-state index contributed by atoms with van der Waals surface area (Å²) in [5, 5.41) is 10.1. The number of carbonyl (C=O) groups is 1. The van der Waals surface area contributed by atoms with Crippen LogP contribution >= 0.6 is 0 Å². The molecule has 0 aliphatic carbocycles. The molecule has 0 atom stereocenters. The Morgan fingerprint density at radius 1 is 1.41 bits per heavy atom. The third kappa shape index (κ3) is 2.49. The zero-order valence-corrected chi connectivity index (χ0v) is 9.02. The van der Waals surface area contributed by atoms with Gasteiger partial charge in [-0.15, -0.1) is 0 Å². The first-order valence-corrected chi connectivity index (χ1v) is 4.55. The molecule has 0 bridgehead atoms. The number of nitrogens with two attached hydrogens (primary N) is 2. The molecule has 8 heteroatoms. The summed E-state index contributed by atoms with van der Waals surface area (Å²) in [6.07, 6.45) is 0. The maximum absolute atomic E-state index is 13.3. The zero-order chi connectivity index (χ0) is 13.2. The smallest absolute Gasteiger partial charge is 0.352 e. The molecule has 0 aliphatic heterocycles. The number of aliphatic hydroxyl groups is 1. The van der Waals surface area contributed by atoms with Crippen LogP contribution in [0, 0.1) is 11.6 Å². The van der Waals surface area contributed by atoms with Crippen molar-refractivity contribution >= 4 is 11.7 Å². The van der Waals surface area contributed by atoms with Crippen LogP contribution < -0.4 is 16.7 Å². The molecule has 6 nitrogen and oxygen atoms in total. The number of anilines is 1. The maximum Gasteiger partial charge on any atom is 0.352 e. The summed E-state index contributed by atoms with van der Waals surface area (Å²) >= 11 is 0. The molecular weight excluding hydrogens is 234 g/mol. The van der Waals surface area contributed by atoms with Gasteiger partial charge in [0.2, 0.25) is 0 Å². The monoisotopic (exact) mass is 246 g/mol. The Bertz CT molecular complexity index is 439. The Kier molecular flexibility index (Phi) is 3.94. The van der Waals surface area contributed by atoms with Gasteiger partial charge in [0.25, 0.3) is 0 Å². The van der Waals surface area contributed by atoms with Gasteiger partial charge in [0.1, 0.15) is 0 Å². The highest BCUT2D eigenvalue weighted by molar-refractivity contribution is 5.91. The molecule has 0 saturated heterocycles. The van der Waals surface area contributed by atoms with Crippen molar-refractivity contribution in [3.63, 3.8) is 0 Å². The molecule has 1 rings (SSSR count). The van der Waals surface area contributed by atoms with Crippen molar-refractivity contribution in [2.75, 3.05) is 12.1 Å². The van der Waals surface area contributed by atoms with Gasteiger partial charge in [-0.05, 0) is 12.1 Å². The molecule has 17 heavy (non-hydrogen) atoms. The summed E-state index contributed by atoms with van der Waals surface area (Å²) in [7, 11) is 1.24. The highest BCUT2D eigenvalue weighted by Gasteiger charge is 2.21. The van der Waals surface area contributed by atoms with E-state index in [9.17, 15) is 13.6 Å². The van der Waals surface area contributed by atoms with Gasteiger partial charge in [0.05, 0.1) is 12.3 Å². The van der Waals surface area contributed by atoms with Gasteiger partial charge in [-0.25, -0.2) is 30.3 Å². The van der Waals surface area contributed by atoms with E-state index in [0.717, 1.165) is 12.1 Å². The number of hydrogen-bond acceptors (Lipinski definition) is 4. The summed E-state index contributed by atoms with van der Waals surface area (Å²) in [6.45, 7) is -0.797. The van der Waals surface area contributed by atoms with E-state index >= 15 is 0 Å². The van der Waals surface area contributed by atoms with Crippen molar-refractivity contribution in [1.82, 2.24) is 5.01 Å². The number of benzene rings is 1. The molecule has 2 amide bonds. The van der Waals surface area contributed by atoms with Gasteiger partial charge in [0.15, 0.2) is 11.6 Å². The van der Waals surface area contributed by atoms with Gasteiger partial charge >= 0.3 is 6.03 Å². The lowest BCUT2D eigenvalue weighted by molar-refractivity contribution is 0.216. The summed E-state index contributed by atoms with van der Waals surface area (Å²) < 4.78 is 26.2. The number of carbonyl (C=O) groups excluding carboxylic acids is 1. The number of hydrazine groups is 2. The number of amides is 2. The van der Waals surface area contributed by atoms with Gasteiger partial charge in [-0.2, -0.15) is 0 Å². The molecular formula is C9H12F2N4O2. The molecule has 1 aromatic carbocycles. The molecule has 5 N–H and O–H groups in total. The van der Waals surface area contributed by atoms with E-state index in [1.165, 1.54) is 7.05 Å². The average Bonchev–Trinajstić information content (AvgIpc) is 2.30. The van der Waals surface area contributed by atoms with Crippen molar-refractivity contribution < 1.29 is 18.7 Å². The van der Waals surface area contributed by atoms with Crippen LogP contribution in [-0.2, 0) is 6.61 Å². The van der Waals surface area contributed by atoms with E-state index in [1.807, 2.05) is 0 Å². The van der Waals surface area contributed by atoms with Crippen LogP contribution in [0.3, 0.4) is 0 Å². The first-order valence-electron chi connectivity index (χ1n) is 4.55. The number of aliphatic hydroxyl groups excluding tert-OH is 1. The fourth-order valence-electron chi connectivity index (χ4n) is 1.23. The Hall–Kier alpha value is -1.77. The predicted molar refractivity (Wildman–Crippen MR) is 56.3 cm³/mol. The molecule has 0 unspecified atom stereocenters. The lowest BCUT2D eigenvalue weighted by Crippen LogP contribution is -2.49. The fourth-order valence-corrected chi connectivity index (χ4v) is 1.23. The first-order chi connectivity index (χ1) is 7.90. The SMILES string of the molecule is CN(N)C(=O)N(N)c1ccc(F)c(F)c1CO. The molecule has 0 saturated carbocycles. The predicted octanol–water partition coefficient (Wildman–Crippen LogP) is 0.0627. The minimum Gasteiger partial charge on any atom is -0.391 e. The molecule has 0 radical (unpaired) electrons. The lowest BCUT2D eigenvalue weighted by Gasteiger charge is -2.22. The average molecular weight is 246 g/mol. The minimum atomic E-state index is -1.26. The van der Waals surface area contributed by atoms with Crippen molar-refractivity contribution in [3.8, 4) is 0 Å². The Balaban J connectivity index is 3.23. The second kappa shape index (κ2) is 5.04. The maximum atomic E-state index is 13.3. The van der Waals surface area contributed by atoms with E-state index in [-0.39, 0.29) is 5.69 Å². The number of nitrogens with zero attached hydrogens (tertiary/aromatic N) is 2. The fraction of sp³-hybridized carbons (Fsp3) is 0.222. The standard InChI is InChI=1S/C9H12F2N4O2/c1-14(12)9(17)15(13)7-3-2-6(10)8(11)5(7)4-16/h2-3,16H,4,12-13H2,1H3. The van der Waals surface area contributed by atoms with E-state index < -0.39 is 29.8 Å². The normalized spacial score (nSPS) is 10.2. The lowest BCUT2D eigenvalue weighted by atomic mass is 10.1. The molecule has 1 aromatic rings. The Morgan fingerprint density at radius 3 is 2.47 bits per heavy atom. The molecule has 0 aromatic heterocycles. The van der Waals surface area contributed by atoms with Crippen LogP contribution in [0.4, 0.5) is 19.3 Å². The van der Waals surface area contributed by atoms with E-state index in [1.54, 1.807) is 0 Å². The topological polar surface area (TPSA) is 95.8 Å². The third-order valence-electron chi connectivity index (χ3n) is 2.10. The number of halogens is 2. The largest absolute Gasteiger partial charge is 0.391 e. The molecule has 0 spiro atoms. The number of urea groups is 1. The van der Waals surface area contributed by atoms with Crippen LogP contribution in [0.15, 0.2) is 12.1 Å². The number of hydrogen-bond donors (Lipinski definition) is 3. The quantitative estimate of drug-likeness (QED) is 0.390. The van der Waals surface area contributed by atoms with E-state index in [0.29, 0.717) is 10.0 Å². The highest BCUT2D eigenvalue weighted by Crippen LogP contribution is 2.24. The highest BCUT2D eigenvalue weighted by atomic mass is 19.2. The van der Waals surface area contributed by atoms with Crippen LogP contribution in [0.25, 0.3) is 0 Å². The van der Waals surface area contributed by atoms with E-state index in [4.69, 9.17) is 16.8 Å². The zero-order valence-electron chi connectivity index (χ0n) is 9.02. The molecule has 94 valence electrons. The summed E-state index contributed by atoms with van der Waals surface area (Å²) in [5.41, 5.74) is -0.573. The summed E-state index contributed by atoms with van der Waals surface area (Å²) in [5.74, 6) is 8.17. The second-order valence-corrected chi connectivity index (χ2v) is 3.28. The van der Waals surface area contributed by atoms with Crippen LogP contribution in [0.1, 0.15) is 5.56 Å². The van der Waals surface area contributed by atoms with Crippen LogP contribution in [-0.4, -0.2) is 23.2 Å². The van der Waals surface area contributed by atoms with Gasteiger partial charge in [-0.1, -0.05) is 0 Å². The third-order valence-corrected chi connectivity index (χ3v) is 2.10. The van der Waals surface area contributed by atoms with Crippen LogP contribution in [0.2, 0.25) is 0 Å². The van der Waals surface area contributed by atoms with Gasteiger partial charge in [-0.3, -0.25) is 5.01 Å². The molecule has 0 aliphatic rings. The van der Waals surface area contributed by atoms with Crippen molar-refractivity contribution in [1.29, 1.82) is 0 Å².